The zero-order valence-corrected chi connectivity index (χ0v) is 12.5. The van der Waals surface area contributed by atoms with Crippen LogP contribution in [0.25, 0.3) is 0 Å². The maximum absolute atomic E-state index is 12.4. The van der Waals surface area contributed by atoms with Crippen LogP contribution >= 0.6 is 0 Å². The molecule has 0 aliphatic heterocycles. The number of para-hydroxylation sites is 2. The van der Waals surface area contributed by atoms with Crippen LogP contribution in [0.5, 0.6) is 5.75 Å². The van der Waals surface area contributed by atoms with Crippen molar-refractivity contribution in [2.45, 2.75) is 31.9 Å². The molecule has 1 aromatic carbocycles. The van der Waals surface area contributed by atoms with Gasteiger partial charge in [0.25, 0.3) is 0 Å². The Morgan fingerprint density at radius 2 is 2.04 bits per heavy atom. The number of benzene rings is 1. The molecule has 23 heavy (non-hydrogen) atoms. The van der Waals surface area contributed by atoms with Crippen molar-refractivity contribution >= 4 is 11.7 Å². The van der Waals surface area contributed by atoms with Crippen molar-refractivity contribution in [3.05, 3.63) is 24.3 Å². The lowest BCUT2D eigenvalue weighted by Crippen LogP contribution is -2.46. The molecule has 2 amide bonds. The molecule has 2 fully saturated rings. The third kappa shape index (κ3) is 3.39. The van der Waals surface area contributed by atoms with E-state index < -0.39 is 12.6 Å². The van der Waals surface area contributed by atoms with Gasteiger partial charge in [0.05, 0.1) is 5.69 Å². The van der Waals surface area contributed by atoms with E-state index in [1.54, 1.807) is 12.1 Å². The van der Waals surface area contributed by atoms with Crippen LogP contribution in [-0.4, -0.2) is 30.4 Å². The molecule has 4 atom stereocenters. The lowest BCUT2D eigenvalue weighted by atomic mass is 9.85. The Hall–Kier alpha value is -1.89. The molecule has 7 heteroatoms. The predicted octanol–water partition coefficient (Wildman–Crippen LogP) is 2.82. The van der Waals surface area contributed by atoms with Crippen LogP contribution in [-0.2, 0) is 0 Å². The number of aliphatic hydroxyl groups excluding tert-OH is 1. The van der Waals surface area contributed by atoms with Gasteiger partial charge < -0.3 is 20.5 Å². The first-order chi connectivity index (χ1) is 11.1. The second kappa shape index (κ2) is 6.70. The average molecular weight is 326 g/mol. The summed E-state index contributed by atoms with van der Waals surface area (Å²) < 4.78 is 29.2. The highest BCUT2D eigenvalue weighted by atomic mass is 19.3. The van der Waals surface area contributed by atoms with Gasteiger partial charge in [0.15, 0.2) is 0 Å². The minimum Gasteiger partial charge on any atom is -0.433 e. The van der Waals surface area contributed by atoms with E-state index in [0.717, 1.165) is 19.3 Å². The second-order valence-electron chi connectivity index (χ2n) is 6.18. The van der Waals surface area contributed by atoms with Gasteiger partial charge in [0, 0.05) is 18.6 Å². The number of carbonyl (C=O) groups is 1. The lowest BCUT2D eigenvalue weighted by molar-refractivity contribution is -0.0493. The Kier molecular flexibility index (Phi) is 4.66. The second-order valence-corrected chi connectivity index (χ2v) is 6.18. The van der Waals surface area contributed by atoms with Gasteiger partial charge in [-0.05, 0) is 43.2 Å². The molecule has 0 spiro atoms. The summed E-state index contributed by atoms with van der Waals surface area (Å²) in [5, 5.41) is 15.0. The number of aliphatic hydroxyl groups is 1. The minimum atomic E-state index is -2.95. The van der Waals surface area contributed by atoms with E-state index in [1.807, 2.05) is 0 Å². The molecule has 5 nitrogen and oxygen atoms in total. The number of amides is 2. The van der Waals surface area contributed by atoms with Crippen LogP contribution in [0.4, 0.5) is 19.3 Å². The van der Waals surface area contributed by atoms with E-state index in [0.29, 0.717) is 11.8 Å². The highest BCUT2D eigenvalue weighted by Gasteiger charge is 2.47. The van der Waals surface area contributed by atoms with Crippen molar-refractivity contribution in [3.63, 3.8) is 0 Å². The van der Waals surface area contributed by atoms with Crippen LogP contribution < -0.4 is 15.4 Å². The lowest BCUT2D eigenvalue weighted by Gasteiger charge is -2.30. The maximum Gasteiger partial charge on any atom is 0.387 e. The number of hydrogen-bond donors (Lipinski definition) is 3. The minimum absolute atomic E-state index is 0.0528. The Morgan fingerprint density at radius 3 is 2.78 bits per heavy atom. The number of halogens is 2. The first-order valence-electron chi connectivity index (χ1n) is 7.80. The third-order valence-electron chi connectivity index (χ3n) is 4.95. The largest absolute Gasteiger partial charge is 0.433 e. The molecule has 2 bridgehead atoms. The Morgan fingerprint density at radius 1 is 1.30 bits per heavy atom. The molecule has 4 unspecified atom stereocenters. The van der Waals surface area contributed by atoms with E-state index in [1.165, 1.54) is 12.1 Å². The summed E-state index contributed by atoms with van der Waals surface area (Å²) in [4.78, 5) is 12.2. The summed E-state index contributed by atoms with van der Waals surface area (Å²) in [6.07, 6.45) is 3.18. The van der Waals surface area contributed by atoms with Gasteiger partial charge in [-0.15, -0.1) is 0 Å². The maximum atomic E-state index is 12.4. The Bertz CT molecular complexity index is 570. The topological polar surface area (TPSA) is 70.6 Å². The van der Waals surface area contributed by atoms with E-state index in [4.69, 9.17) is 0 Å². The Labute approximate surface area is 133 Å². The molecule has 3 rings (SSSR count). The fraction of sp³-hybridized carbons (Fsp3) is 0.562. The van der Waals surface area contributed by atoms with Crippen LogP contribution in [0.15, 0.2) is 24.3 Å². The van der Waals surface area contributed by atoms with Crippen LogP contribution in [0.3, 0.4) is 0 Å². The molecule has 0 saturated heterocycles. The van der Waals surface area contributed by atoms with Gasteiger partial charge in [-0.3, -0.25) is 0 Å². The van der Waals surface area contributed by atoms with E-state index in [9.17, 15) is 18.7 Å². The summed E-state index contributed by atoms with van der Waals surface area (Å²) in [5.41, 5.74) is 0.189. The van der Waals surface area contributed by atoms with Crippen molar-refractivity contribution in [3.8, 4) is 5.75 Å². The summed E-state index contributed by atoms with van der Waals surface area (Å²) in [6, 6.07) is 5.52. The highest BCUT2D eigenvalue weighted by molar-refractivity contribution is 5.91. The van der Waals surface area contributed by atoms with Gasteiger partial charge >= 0.3 is 12.6 Å². The van der Waals surface area contributed by atoms with E-state index >= 15 is 0 Å². The van der Waals surface area contributed by atoms with Gasteiger partial charge in [-0.2, -0.15) is 8.78 Å². The third-order valence-corrected chi connectivity index (χ3v) is 4.95. The van der Waals surface area contributed by atoms with Crippen molar-refractivity contribution in [1.82, 2.24) is 5.32 Å². The molecule has 0 heterocycles. The SMILES string of the molecule is O=C(Nc1ccccc1OC(F)F)NC1C2CCC(C2)C1CO. The molecule has 2 aliphatic rings. The summed E-state index contributed by atoms with van der Waals surface area (Å²) >= 11 is 0. The fourth-order valence-electron chi connectivity index (χ4n) is 3.98. The van der Waals surface area contributed by atoms with Crippen LogP contribution in [0.1, 0.15) is 19.3 Å². The molecule has 0 radical (unpaired) electrons. The number of hydrogen-bond acceptors (Lipinski definition) is 3. The summed E-state index contributed by atoms with van der Waals surface area (Å²) in [7, 11) is 0. The number of anilines is 1. The van der Waals surface area contributed by atoms with Gasteiger partial charge in [0.1, 0.15) is 5.75 Å². The first kappa shape index (κ1) is 16.0. The van der Waals surface area contributed by atoms with Crippen molar-refractivity contribution in [2.24, 2.45) is 17.8 Å². The van der Waals surface area contributed by atoms with Crippen LogP contribution in [0.2, 0.25) is 0 Å². The quantitative estimate of drug-likeness (QED) is 0.779. The van der Waals surface area contributed by atoms with Crippen molar-refractivity contribution < 1.29 is 23.4 Å². The molecule has 2 saturated carbocycles. The van der Waals surface area contributed by atoms with Gasteiger partial charge in [-0.25, -0.2) is 4.79 Å². The predicted molar refractivity (Wildman–Crippen MR) is 80.4 cm³/mol. The van der Waals surface area contributed by atoms with Crippen molar-refractivity contribution in [2.75, 3.05) is 11.9 Å². The van der Waals surface area contributed by atoms with Gasteiger partial charge in [0.2, 0.25) is 0 Å². The number of urea groups is 1. The van der Waals surface area contributed by atoms with Crippen molar-refractivity contribution in [1.29, 1.82) is 0 Å². The summed E-state index contributed by atoms with van der Waals surface area (Å²) in [5.74, 6) is 0.844. The molecular weight excluding hydrogens is 306 g/mol. The number of carbonyl (C=O) groups excluding carboxylic acids is 1. The fourth-order valence-corrected chi connectivity index (χ4v) is 3.98. The number of ether oxygens (including phenoxy) is 1. The summed E-state index contributed by atoms with van der Waals surface area (Å²) in [6.45, 7) is -2.90. The van der Waals surface area contributed by atoms with Gasteiger partial charge in [-0.1, -0.05) is 12.1 Å². The molecule has 1 aromatic rings. The molecule has 126 valence electrons. The average Bonchev–Trinajstić information content (AvgIpc) is 3.09. The van der Waals surface area contributed by atoms with E-state index in [-0.39, 0.29) is 30.0 Å². The molecule has 3 N–H and O–H groups in total. The number of alkyl halides is 2. The molecule has 2 aliphatic carbocycles. The monoisotopic (exact) mass is 326 g/mol. The normalized spacial score (nSPS) is 28.9. The number of fused-ring (bicyclic) bond motifs is 2. The molecular formula is C16H20F2N2O3. The first-order valence-corrected chi connectivity index (χ1v) is 7.80. The standard InChI is InChI=1S/C16H20F2N2O3/c17-15(18)23-13-4-2-1-3-12(13)19-16(22)20-14-10-6-5-9(7-10)11(14)8-21/h1-4,9-11,14-15,21H,5-8H2,(H2,19,20,22). The zero-order chi connectivity index (χ0) is 16.4. The smallest absolute Gasteiger partial charge is 0.387 e. The molecule has 0 aromatic heterocycles. The Balaban J connectivity index is 1.64. The number of nitrogens with one attached hydrogen (secondary N) is 2. The zero-order valence-electron chi connectivity index (χ0n) is 12.5. The highest BCUT2D eigenvalue weighted by Crippen LogP contribution is 2.48. The van der Waals surface area contributed by atoms with Crippen LogP contribution in [0, 0.1) is 17.8 Å². The number of rotatable bonds is 5. The van der Waals surface area contributed by atoms with E-state index in [2.05, 4.69) is 15.4 Å².